The highest BCUT2D eigenvalue weighted by molar-refractivity contribution is 4.62. The molecular formula is C15H32N2O2. The van der Waals surface area contributed by atoms with E-state index in [0.29, 0.717) is 5.92 Å². The monoisotopic (exact) mass is 272 g/mol. The van der Waals surface area contributed by atoms with E-state index in [4.69, 9.17) is 9.47 Å². The predicted octanol–water partition coefficient (Wildman–Crippen LogP) is 1.75. The van der Waals surface area contributed by atoms with Gasteiger partial charge in [0.1, 0.15) is 0 Å². The van der Waals surface area contributed by atoms with Crippen molar-refractivity contribution < 1.29 is 9.47 Å². The lowest BCUT2D eigenvalue weighted by Crippen LogP contribution is -2.37. The Morgan fingerprint density at radius 3 is 2.79 bits per heavy atom. The Morgan fingerprint density at radius 2 is 2.05 bits per heavy atom. The first-order valence-electron chi connectivity index (χ1n) is 7.91. The summed E-state index contributed by atoms with van der Waals surface area (Å²) in [7, 11) is 0. The maximum absolute atomic E-state index is 5.66. The Balaban J connectivity index is 1.78. The largest absolute Gasteiger partial charge is 0.380 e. The molecule has 4 nitrogen and oxygen atoms in total. The average Bonchev–Trinajstić information content (AvgIpc) is 2.43. The van der Waals surface area contributed by atoms with Crippen LogP contribution in [0.15, 0.2) is 0 Å². The number of hydrogen-bond acceptors (Lipinski definition) is 4. The topological polar surface area (TPSA) is 33.7 Å². The second-order valence-corrected chi connectivity index (χ2v) is 5.53. The summed E-state index contributed by atoms with van der Waals surface area (Å²) in [6, 6.07) is 0. The van der Waals surface area contributed by atoms with Gasteiger partial charge in [0.05, 0.1) is 19.8 Å². The Hall–Kier alpha value is -0.160. The minimum Gasteiger partial charge on any atom is -0.380 e. The molecule has 1 atom stereocenters. The minimum absolute atomic E-state index is 0.700. The number of nitrogens with zero attached hydrogens (tertiary/aromatic N) is 1. The van der Waals surface area contributed by atoms with Crippen LogP contribution in [-0.2, 0) is 9.47 Å². The number of ether oxygens (including phenoxy) is 2. The fourth-order valence-corrected chi connectivity index (χ4v) is 2.38. The fraction of sp³-hybridized carbons (Fsp3) is 1.00. The van der Waals surface area contributed by atoms with Gasteiger partial charge >= 0.3 is 0 Å². The highest BCUT2D eigenvalue weighted by atomic mass is 16.5. The molecular weight excluding hydrogens is 240 g/mol. The van der Waals surface area contributed by atoms with Crippen LogP contribution in [-0.4, -0.2) is 64.1 Å². The standard InChI is InChI=1S/C15H32N2O2/c1-3-5-15(2)14-19-11-7-16-6-4-8-17-9-12-18-13-10-17/h15-16H,3-14H2,1-2H3. The van der Waals surface area contributed by atoms with Gasteiger partial charge in [-0.15, -0.1) is 0 Å². The van der Waals surface area contributed by atoms with Gasteiger partial charge in [-0.1, -0.05) is 20.3 Å². The van der Waals surface area contributed by atoms with Gasteiger partial charge < -0.3 is 14.8 Å². The Kier molecular flexibility index (Phi) is 10.4. The van der Waals surface area contributed by atoms with Crippen molar-refractivity contribution in [3.8, 4) is 0 Å². The van der Waals surface area contributed by atoms with Crippen LogP contribution in [0.25, 0.3) is 0 Å². The summed E-state index contributed by atoms with van der Waals surface area (Å²) in [6.07, 6.45) is 3.74. The van der Waals surface area contributed by atoms with Crippen molar-refractivity contribution in [2.75, 3.05) is 59.2 Å². The van der Waals surface area contributed by atoms with Gasteiger partial charge in [-0.05, 0) is 31.8 Å². The van der Waals surface area contributed by atoms with E-state index in [-0.39, 0.29) is 0 Å². The number of morpholine rings is 1. The lowest BCUT2D eigenvalue weighted by atomic mass is 10.1. The van der Waals surface area contributed by atoms with Gasteiger partial charge in [0.25, 0.3) is 0 Å². The van der Waals surface area contributed by atoms with Crippen molar-refractivity contribution in [3.05, 3.63) is 0 Å². The summed E-state index contributed by atoms with van der Waals surface area (Å²) < 4.78 is 11.0. The Bertz CT molecular complexity index is 197. The Morgan fingerprint density at radius 1 is 1.26 bits per heavy atom. The zero-order valence-corrected chi connectivity index (χ0v) is 12.8. The molecule has 0 aromatic heterocycles. The molecule has 0 radical (unpaired) electrons. The van der Waals surface area contributed by atoms with Crippen LogP contribution >= 0.6 is 0 Å². The van der Waals surface area contributed by atoms with Gasteiger partial charge in [0, 0.05) is 26.2 Å². The molecule has 1 fully saturated rings. The highest BCUT2D eigenvalue weighted by Crippen LogP contribution is 2.04. The van der Waals surface area contributed by atoms with Crippen molar-refractivity contribution in [3.63, 3.8) is 0 Å². The third-order valence-corrected chi connectivity index (χ3v) is 3.54. The van der Waals surface area contributed by atoms with Crippen LogP contribution < -0.4 is 5.32 Å². The van der Waals surface area contributed by atoms with E-state index >= 15 is 0 Å². The van der Waals surface area contributed by atoms with Crippen LogP contribution in [0, 0.1) is 5.92 Å². The first-order valence-corrected chi connectivity index (χ1v) is 7.91. The summed E-state index contributed by atoms with van der Waals surface area (Å²) in [6.45, 7) is 13.5. The smallest absolute Gasteiger partial charge is 0.0594 e. The highest BCUT2D eigenvalue weighted by Gasteiger charge is 2.08. The third kappa shape index (κ3) is 9.38. The van der Waals surface area contributed by atoms with E-state index in [1.807, 2.05) is 0 Å². The van der Waals surface area contributed by atoms with Crippen LogP contribution in [0.2, 0.25) is 0 Å². The van der Waals surface area contributed by atoms with E-state index in [9.17, 15) is 0 Å². The fourth-order valence-electron chi connectivity index (χ4n) is 2.38. The van der Waals surface area contributed by atoms with E-state index < -0.39 is 0 Å². The van der Waals surface area contributed by atoms with Gasteiger partial charge in [-0.3, -0.25) is 4.90 Å². The molecule has 0 bridgehead atoms. The zero-order valence-electron chi connectivity index (χ0n) is 12.8. The first kappa shape index (κ1) is 16.9. The third-order valence-electron chi connectivity index (χ3n) is 3.54. The summed E-state index contributed by atoms with van der Waals surface area (Å²) in [5, 5.41) is 3.45. The molecule has 1 aliphatic rings. The molecule has 1 unspecified atom stereocenters. The maximum atomic E-state index is 5.66. The summed E-state index contributed by atoms with van der Waals surface area (Å²) in [5.74, 6) is 0.700. The molecule has 1 rings (SSSR count). The SMILES string of the molecule is CCCC(C)COCCNCCCN1CCOCC1. The van der Waals surface area contributed by atoms with Crippen LogP contribution in [0.1, 0.15) is 33.1 Å². The van der Waals surface area contributed by atoms with E-state index in [1.165, 1.54) is 25.8 Å². The zero-order chi connectivity index (χ0) is 13.8. The van der Waals surface area contributed by atoms with Crippen molar-refractivity contribution in [2.24, 2.45) is 5.92 Å². The number of nitrogens with one attached hydrogen (secondary N) is 1. The molecule has 19 heavy (non-hydrogen) atoms. The Labute approximate surface area is 118 Å². The van der Waals surface area contributed by atoms with Crippen molar-refractivity contribution in [1.82, 2.24) is 10.2 Å². The number of rotatable bonds is 11. The van der Waals surface area contributed by atoms with Crippen LogP contribution in [0.4, 0.5) is 0 Å². The average molecular weight is 272 g/mol. The summed E-state index contributed by atoms with van der Waals surface area (Å²) in [5.41, 5.74) is 0. The molecule has 0 amide bonds. The van der Waals surface area contributed by atoms with E-state index in [0.717, 1.165) is 52.6 Å². The maximum Gasteiger partial charge on any atom is 0.0594 e. The second-order valence-electron chi connectivity index (χ2n) is 5.53. The van der Waals surface area contributed by atoms with Gasteiger partial charge in [-0.2, -0.15) is 0 Å². The molecule has 0 aromatic rings. The van der Waals surface area contributed by atoms with E-state index in [2.05, 4.69) is 24.1 Å². The lowest BCUT2D eigenvalue weighted by Gasteiger charge is -2.26. The first-order chi connectivity index (χ1) is 9.33. The quantitative estimate of drug-likeness (QED) is 0.581. The van der Waals surface area contributed by atoms with Crippen LogP contribution in [0.3, 0.4) is 0 Å². The normalized spacial score (nSPS) is 18.6. The van der Waals surface area contributed by atoms with Gasteiger partial charge in [0.2, 0.25) is 0 Å². The van der Waals surface area contributed by atoms with Gasteiger partial charge in [0.15, 0.2) is 0 Å². The second kappa shape index (κ2) is 11.6. The predicted molar refractivity (Wildman–Crippen MR) is 79.6 cm³/mol. The molecule has 1 saturated heterocycles. The molecule has 1 heterocycles. The molecule has 1 aliphatic heterocycles. The van der Waals surface area contributed by atoms with Crippen molar-refractivity contribution in [1.29, 1.82) is 0 Å². The van der Waals surface area contributed by atoms with Gasteiger partial charge in [-0.25, -0.2) is 0 Å². The minimum atomic E-state index is 0.700. The molecule has 0 spiro atoms. The molecule has 0 aliphatic carbocycles. The number of hydrogen-bond donors (Lipinski definition) is 1. The van der Waals surface area contributed by atoms with E-state index in [1.54, 1.807) is 0 Å². The summed E-state index contributed by atoms with van der Waals surface area (Å²) >= 11 is 0. The molecule has 0 saturated carbocycles. The lowest BCUT2D eigenvalue weighted by molar-refractivity contribution is 0.0373. The van der Waals surface area contributed by atoms with Crippen molar-refractivity contribution in [2.45, 2.75) is 33.1 Å². The van der Waals surface area contributed by atoms with Crippen LogP contribution in [0.5, 0.6) is 0 Å². The molecule has 114 valence electrons. The summed E-state index contributed by atoms with van der Waals surface area (Å²) in [4.78, 5) is 2.48. The molecule has 0 aromatic carbocycles. The van der Waals surface area contributed by atoms with Crippen molar-refractivity contribution >= 4 is 0 Å². The molecule has 4 heteroatoms. The molecule has 1 N–H and O–H groups in total.